The van der Waals surface area contributed by atoms with Crippen LogP contribution in [0.15, 0.2) is 41.8 Å². The molecule has 2 heterocycles. The number of aliphatic hydroxyl groups is 1. The molecule has 1 unspecified atom stereocenters. The Bertz CT molecular complexity index is 564. The van der Waals surface area contributed by atoms with E-state index in [1.165, 1.54) is 4.90 Å². The van der Waals surface area contributed by atoms with Crippen LogP contribution < -0.4 is 4.90 Å². The summed E-state index contributed by atoms with van der Waals surface area (Å²) in [6.45, 7) is 0. The highest BCUT2D eigenvalue weighted by Crippen LogP contribution is 2.39. The van der Waals surface area contributed by atoms with E-state index in [4.69, 9.17) is 0 Å². The smallest absolute Gasteiger partial charge is 0.229 e. The summed E-state index contributed by atoms with van der Waals surface area (Å²) in [5.41, 5.74) is 1.90. The average molecular weight is 259 g/mol. The highest BCUT2D eigenvalue weighted by Gasteiger charge is 2.32. The summed E-state index contributed by atoms with van der Waals surface area (Å²) < 4.78 is 0. The highest BCUT2D eigenvalue weighted by atomic mass is 32.1. The van der Waals surface area contributed by atoms with Crippen molar-refractivity contribution in [3.8, 4) is 10.4 Å². The van der Waals surface area contributed by atoms with Gasteiger partial charge < -0.3 is 5.11 Å². The second kappa shape index (κ2) is 4.55. The lowest BCUT2D eigenvalue weighted by atomic mass is 10.1. The first-order chi connectivity index (χ1) is 8.77. The fourth-order valence-corrected chi connectivity index (χ4v) is 3.15. The monoisotopic (exact) mass is 259 g/mol. The van der Waals surface area contributed by atoms with Gasteiger partial charge in [-0.25, -0.2) is 0 Å². The van der Waals surface area contributed by atoms with Crippen molar-refractivity contribution < 1.29 is 9.90 Å². The molecule has 4 heteroatoms. The molecule has 0 bridgehead atoms. The van der Waals surface area contributed by atoms with Crippen LogP contribution in [0, 0.1) is 0 Å². The van der Waals surface area contributed by atoms with Crippen LogP contribution in [0.4, 0.5) is 5.69 Å². The summed E-state index contributed by atoms with van der Waals surface area (Å²) in [7, 11) is 0. The number of nitrogens with zero attached hydrogens (tertiary/aromatic N) is 1. The lowest BCUT2D eigenvalue weighted by molar-refractivity contribution is -0.117. The summed E-state index contributed by atoms with van der Waals surface area (Å²) in [6, 6.07) is 11.8. The molecule has 1 N–H and O–H groups in total. The van der Waals surface area contributed by atoms with E-state index in [0.29, 0.717) is 12.8 Å². The van der Waals surface area contributed by atoms with Crippen molar-refractivity contribution in [1.29, 1.82) is 0 Å². The van der Waals surface area contributed by atoms with Gasteiger partial charge in [-0.05, 0) is 17.0 Å². The minimum absolute atomic E-state index is 0.00178. The van der Waals surface area contributed by atoms with Gasteiger partial charge in [-0.1, -0.05) is 30.3 Å². The summed E-state index contributed by atoms with van der Waals surface area (Å²) in [4.78, 5) is 14.4. The molecule has 2 aromatic rings. The van der Waals surface area contributed by atoms with Gasteiger partial charge >= 0.3 is 0 Å². The number of hydrogen-bond acceptors (Lipinski definition) is 3. The Morgan fingerprint density at radius 2 is 2.00 bits per heavy atom. The SMILES string of the molecule is O=C1CCC(O)N1c1ccsc1-c1ccccc1. The summed E-state index contributed by atoms with van der Waals surface area (Å²) in [5, 5.41) is 11.9. The first kappa shape index (κ1) is 11.4. The molecular formula is C14H13NO2S. The maximum absolute atomic E-state index is 11.8. The maximum atomic E-state index is 11.8. The number of carbonyl (C=O) groups is 1. The van der Waals surface area contributed by atoms with Crippen molar-refractivity contribution in [2.75, 3.05) is 4.90 Å². The van der Waals surface area contributed by atoms with Crippen molar-refractivity contribution in [2.45, 2.75) is 19.1 Å². The van der Waals surface area contributed by atoms with E-state index in [1.807, 2.05) is 41.8 Å². The zero-order valence-electron chi connectivity index (χ0n) is 9.74. The molecule has 1 atom stereocenters. The zero-order valence-corrected chi connectivity index (χ0v) is 10.6. The standard InChI is InChI=1S/C14H13NO2S/c16-12-6-7-13(17)15(12)11-8-9-18-14(11)10-4-2-1-3-5-10/h1-5,8-9,12,16H,6-7H2. The second-order valence-electron chi connectivity index (χ2n) is 4.28. The first-order valence-corrected chi connectivity index (χ1v) is 6.78. The first-order valence-electron chi connectivity index (χ1n) is 5.90. The minimum Gasteiger partial charge on any atom is -0.373 e. The molecule has 3 nitrogen and oxygen atoms in total. The molecule has 1 aromatic heterocycles. The number of amides is 1. The van der Waals surface area contributed by atoms with Crippen molar-refractivity contribution in [3.05, 3.63) is 41.8 Å². The van der Waals surface area contributed by atoms with E-state index in [1.54, 1.807) is 11.3 Å². The Balaban J connectivity index is 2.05. The molecule has 18 heavy (non-hydrogen) atoms. The van der Waals surface area contributed by atoms with E-state index in [-0.39, 0.29) is 5.91 Å². The van der Waals surface area contributed by atoms with Gasteiger partial charge in [0.25, 0.3) is 0 Å². The molecule has 1 aliphatic rings. The van der Waals surface area contributed by atoms with E-state index in [9.17, 15) is 9.90 Å². The molecule has 0 saturated carbocycles. The molecule has 0 spiro atoms. The largest absolute Gasteiger partial charge is 0.373 e. The van der Waals surface area contributed by atoms with Crippen LogP contribution >= 0.6 is 11.3 Å². The fraction of sp³-hybridized carbons (Fsp3) is 0.214. The molecule has 0 radical (unpaired) electrons. The Hall–Kier alpha value is -1.65. The van der Waals surface area contributed by atoms with Gasteiger partial charge in [0.15, 0.2) is 0 Å². The lowest BCUT2D eigenvalue weighted by Gasteiger charge is -2.20. The minimum atomic E-state index is -0.686. The zero-order chi connectivity index (χ0) is 12.5. The van der Waals surface area contributed by atoms with E-state index >= 15 is 0 Å². The third kappa shape index (κ3) is 1.83. The number of rotatable bonds is 2. The number of benzene rings is 1. The molecule has 1 amide bonds. The number of carbonyl (C=O) groups excluding carboxylic acids is 1. The van der Waals surface area contributed by atoms with E-state index < -0.39 is 6.23 Å². The third-order valence-corrected chi connectivity index (χ3v) is 4.08. The average Bonchev–Trinajstić information content (AvgIpc) is 2.97. The number of thiophene rings is 1. The molecule has 1 saturated heterocycles. The van der Waals surface area contributed by atoms with Crippen LogP contribution in [0.5, 0.6) is 0 Å². The van der Waals surface area contributed by atoms with Crippen LogP contribution in [0.25, 0.3) is 10.4 Å². The quantitative estimate of drug-likeness (QED) is 0.901. The van der Waals surface area contributed by atoms with Crippen molar-refractivity contribution in [3.63, 3.8) is 0 Å². The van der Waals surface area contributed by atoms with Crippen LogP contribution in [0.2, 0.25) is 0 Å². The van der Waals surface area contributed by atoms with Gasteiger partial charge in [0, 0.05) is 12.8 Å². The number of hydrogen-bond donors (Lipinski definition) is 1. The van der Waals surface area contributed by atoms with Gasteiger partial charge in [-0.2, -0.15) is 0 Å². The van der Waals surface area contributed by atoms with Crippen LogP contribution in [-0.2, 0) is 4.79 Å². The van der Waals surface area contributed by atoms with E-state index in [2.05, 4.69) is 0 Å². The molecular weight excluding hydrogens is 246 g/mol. The van der Waals surface area contributed by atoms with E-state index in [0.717, 1.165) is 16.1 Å². The summed E-state index contributed by atoms with van der Waals surface area (Å²) in [5.74, 6) is -0.00178. The summed E-state index contributed by atoms with van der Waals surface area (Å²) >= 11 is 1.59. The van der Waals surface area contributed by atoms with Crippen molar-refractivity contribution in [2.24, 2.45) is 0 Å². The molecule has 1 fully saturated rings. The van der Waals surface area contributed by atoms with Crippen molar-refractivity contribution >= 4 is 22.9 Å². The molecule has 1 aliphatic heterocycles. The normalized spacial score (nSPS) is 19.5. The Morgan fingerprint density at radius 1 is 1.22 bits per heavy atom. The van der Waals surface area contributed by atoms with Crippen molar-refractivity contribution in [1.82, 2.24) is 0 Å². The topological polar surface area (TPSA) is 40.5 Å². The van der Waals surface area contributed by atoms with Gasteiger partial charge in [-0.15, -0.1) is 11.3 Å². The Labute approximate surface area is 109 Å². The Kier molecular flexibility index (Phi) is 2.89. The molecule has 3 rings (SSSR count). The van der Waals surface area contributed by atoms with Crippen LogP contribution in [0.3, 0.4) is 0 Å². The second-order valence-corrected chi connectivity index (χ2v) is 5.20. The molecule has 0 aliphatic carbocycles. The van der Waals surface area contributed by atoms with Gasteiger partial charge in [0.2, 0.25) is 5.91 Å². The predicted molar refractivity (Wildman–Crippen MR) is 72.5 cm³/mol. The maximum Gasteiger partial charge on any atom is 0.229 e. The lowest BCUT2D eigenvalue weighted by Crippen LogP contribution is -2.32. The van der Waals surface area contributed by atoms with Crippen LogP contribution in [-0.4, -0.2) is 17.2 Å². The third-order valence-electron chi connectivity index (χ3n) is 3.12. The number of anilines is 1. The fourth-order valence-electron chi connectivity index (χ4n) is 2.26. The highest BCUT2D eigenvalue weighted by molar-refractivity contribution is 7.14. The van der Waals surface area contributed by atoms with Crippen LogP contribution in [0.1, 0.15) is 12.8 Å². The predicted octanol–water partition coefficient (Wildman–Crippen LogP) is 2.86. The van der Waals surface area contributed by atoms with Gasteiger partial charge in [-0.3, -0.25) is 9.69 Å². The van der Waals surface area contributed by atoms with Gasteiger partial charge in [0.1, 0.15) is 6.23 Å². The summed E-state index contributed by atoms with van der Waals surface area (Å²) in [6.07, 6.45) is 0.253. The van der Waals surface area contributed by atoms with Gasteiger partial charge in [0.05, 0.1) is 10.6 Å². The number of aliphatic hydroxyl groups excluding tert-OH is 1. The molecule has 1 aromatic carbocycles. The molecule has 92 valence electrons. The Morgan fingerprint density at radius 3 is 2.67 bits per heavy atom.